The minimum Gasteiger partial charge on any atom is -0.356 e. The number of nitrogens with one attached hydrogen (secondary N) is 1. The van der Waals surface area contributed by atoms with Crippen molar-refractivity contribution in [1.29, 1.82) is 0 Å². The zero-order chi connectivity index (χ0) is 11.3. The Bertz CT molecular complexity index is 204. The summed E-state index contributed by atoms with van der Waals surface area (Å²) in [6.45, 7) is 7.25. The van der Waals surface area contributed by atoms with Gasteiger partial charge in [0.1, 0.15) is 0 Å². The summed E-state index contributed by atoms with van der Waals surface area (Å²) < 4.78 is 0. The van der Waals surface area contributed by atoms with Crippen LogP contribution in [0.25, 0.3) is 0 Å². The van der Waals surface area contributed by atoms with E-state index in [2.05, 4.69) is 31.1 Å². The molecule has 1 N–H and O–H groups in total. The van der Waals surface area contributed by atoms with E-state index in [1.807, 2.05) is 0 Å². The largest absolute Gasteiger partial charge is 0.356 e. The molecule has 1 fully saturated rings. The average molecular weight is 212 g/mol. The van der Waals surface area contributed by atoms with Gasteiger partial charge in [-0.15, -0.1) is 0 Å². The molecule has 0 aliphatic carbocycles. The third kappa shape index (κ3) is 4.65. The van der Waals surface area contributed by atoms with E-state index in [9.17, 15) is 4.79 Å². The van der Waals surface area contributed by atoms with E-state index >= 15 is 0 Å². The van der Waals surface area contributed by atoms with Crippen molar-refractivity contribution in [2.24, 2.45) is 11.8 Å². The summed E-state index contributed by atoms with van der Waals surface area (Å²) in [7, 11) is 2.09. The lowest BCUT2D eigenvalue weighted by Crippen LogP contribution is -2.41. The molecule has 0 unspecified atom stereocenters. The standard InChI is InChI=1S/C12H24N2O/c1-10(2)6-7-13-12(15)11-5-4-8-14(3)9-11/h10-11H,4-9H2,1-3H3,(H,13,15)/t11-/m1/s1. The molecule has 1 heterocycles. The molecule has 0 aromatic rings. The van der Waals surface area contributed by atoms with Gasteiger partial charge < -0.3 is 10.2 Å². The maximum Gasteiger partial charge on any atom is 0.224 e. The molecule has 3 heteroatoms. The minimum absolute atomic E-state index is 0.218. The number of carbonyl (C=O) groups is 1. The summed E-state index contributed by atoms with van der Waals surface area (Å²) >= 11 is 0. The second-order valence-corrected chi connectivity index (χ2v) is 5.07. The Kier molecular flexibility index (Phi) is 5.09. The van der Waals surface area contributed by atoms with Crippen LogP contribution < -0.4 is 5.32 Å². The molecule has 1 amide bonds. The van der Waals surface area contributed by atoms with Gasteiger partial charge in [-0.2, -0.15) is 0 Å². The highest BCUT2D eigenvalue weighted by Gasteiger charge is 2.23. The molecule has 0 radical (unpaired) electrons. The van der Waals surface area contributed by atoms with Crippen LogP contribution in [-0.4, -0.2) is 37.5 Å². The van der Waals surface area contributed by atoms with Crippen LogP contribution in [-0.2, 0) is 4.79 Å². The number of rotatable bonds is 4. The molecule has 1 rings (SSSR count). The molecule has 88 valence electrons. The Morgan fingerprint density at radius 1 is 1.53 bits per heavy atom. The summed E-state index contributed by atoms with van der Waals surface area (Å²) in [6, 6.07) is 0. The van der Waals surface area contributed by atoms with E-state index in [-0.39, 0.29) is 11.8 Å². The lowest BCUT2D eigenvalue weighted by Gasteiger charge is -2.28. The molecule has 0 saturated carbocycles. The number of carbonyl (C=O) groups excluding carboxylic acids is 1. The maximum atomic E-state index is 11.8. The molecule has 0 aromatic carbocycles. The van der Waals surface area contributed by atoms with E-state index in [1.54, 1.807) is 0 Å². The monoisotopic (exact) mass is 212 g/mol. The summed E-state index contributed by atoms with van der Waals surface area (Å²) in [5.41, 5.74) is 0. The van der Waals surface area contributed by atoms with Gasteiger partial charge in [0.15, 0.2) is 0 Å². The number of nitrogens with zero attached hydrogens (tertiary/aromatic N) is 1. The van der Waals surface area contributed by atoms with Gasteiger partial charge in [0, 0.05) is 13.1 Å². The van der Waals surface area contributed by atoms with Gasteiger partial charge in [-0.25, -0.2) is 0 Å². The third-order valence-electron chi connectivity index (χ3n) is 3.02. The highest BCUT2D eigenvalue weighted by molar-refractivity contribution is 5.78. The van der Waals surface area contributed by atoms with Crippen molar-refractivity contribution in [3.05, 3.63) is 0 Å². The molecule has 1 aliphatic heterocycles. The van der Waals surface area contributed by atoms with Crippen LogP contribution in [0.15, 0.2) is 0 Å². The van der Waals surface area contributed by atoms with E-state index < -0.39 is 0 Å². The Labute approximate surface area is 93.2 Å². The molecule has 3 nitrogen and oxygen atoms in total. The van der Waals surface area contributed by atoms with Crippen molar-refractivity contribution in [3.8, 4) is 0 Å². The SMILES string of the molecule is CC(C)CCNC(=O)[C@@H]1CCCN(C)C1. The molecular weight excluding hydrogens is 188 g/mol. The van der Waals surface area contributed by atoms with Crippen LogP contribution in [0.2, 0.25) is 0 Å². The van der Waals surface area contributed by atoms with Crippen molar-refractivity contribution in [1.82, 2.24) is 10.2 Å². The fourth-order valence-electron chi connectivity index (χ4n) is 2.01. The first-order valence-corrected chi connectivity index (χ1v) is 6.06. The summed E-state index contributed by atoms with van der Waals surface area (Å²) in [4.78, 5) is 14.0. The quantitative estimate of drug-likeness (QED) is 0.766. The highest BCUT2D eigenvalue weighted by Crippen LogP contribution is 2.14. The van der Waals surface area contributed by atoms with Gasteiger partial charge in [0.2, 0.25) is 5.91 Å². The number of hydrogen-bond donors (Lipinski definition) is 1. The lowest BCUT2D eigenvalue weighted by atomic mass is 9.97. The number of likely N-dealkylation sites (tertiary alicyclic amines) is 1. The zero-order valence-corrected chi connectivity index (χ0v) is 10.3. The van der Waals surface area contributed by atoms with E-state index in [4.69, 9.17) is 0 Å². The van der Waals surface area contributed by atoms with Gasteiger partial charge >= 0.3 is 0 Å². The summed E-state index contributed by atoms with van der Waals surface area (Å²) in [5, 5.41) is 3.04. The van der Waals surface area contributed by atoms with Crippen LogP contribution in [0.3, 0.4) is 0 Å². The van der Waals surface area contributed by atoms with Crippen LogP contribution in [0, 0.1) is 11.8 Å². The molecule has 15 heavy (non-hydrogen) atoms. The molecular formula is C12H24N2O. The Balaban J connectivity index is 2.21. The number of amides is 1. The smallest absolute Gasteiger partial charge is 0.224 e. The van der Waals surface area contributed by atoms with Crippen molar-refractivity contribution >= 4 is 5.91 Å². The molecule has 0 aromatic heterocycles. The van der Waals surface area contributed by atoms with Crippen molar-refractivity contribution in [2.75, 3.05) is 26.7 Å². The molecule has 0 bridgehead atoms. The van der Waals surface area contributed by atoms with Gasteiger partial charge in [-0.3, -0.25) is 4.79 Å². The first-order chi connectivity index (χ1) is 7.09. The van der Waals surface area contributed by atoms with E-state index in [0.29, 0.717) is 5.92 Å². The van der Waals surface area contributed by atoms with E-state index in [0.717, 1.165) is 38.9 Å². The van der Waals surface area contributed by atoms with Crippen LogP contribution in [0.1, 0.15) is 33.1 Å². The molecule has 0 spiro atoms. The first kappa shape index (κ1) is 12.5. The van der Waals surface area contributed by atoms with Gasteiger partial charge in [0.05, 0.1) is 5.92 Å². The predicted octanol–water partition coefficient (Wildman–Crippen LogP) is 1.49. The van der Waals surface area contributed by atoms with Crippen LogP contribution in [0.4, 0.5) is 0 Å². The molecule has 1 atom stereocenters. The van der Waals surface area contributed by atoms with E-state index in [1.165, 1.54) is 0 Å². The normalized spacial score (nSPS) is 23.1. The first-order valence-electron chi connectivity index (χ1n) is 6.06. The minimum atomic E-state index is 0.218. The fourth-order valence-corrected chi connectivity index (χ4v) is 2.01. The van der Waals surface area contributed by atoms with Crippen LogP contribution in [0.5, 0.6) is 0 Å². The Morgan fingerprint density at radius 3 is 2.87 bits per heavy atom. The Hall–Kier alpha value is -0.570. The van der Waals surface area contributed by atoms with Gasteiger partial charge in [-0.05, 0) is 38.8 Å². The fraction of sp³-hybridized carbons (Fsp3) is 0.917. The van der Waals surface area contributed by atoms with Crippen molar-refractivity contribution in [2.45, 2.75) is 33.1 Å². The van der Waals surface area contributed by atoms with Gasteiger partial charge in [0.25, 0.3) is 0 Å². The van der Waals surface area contributed by atoms with Crippen molar-refractivity contribution < 1.29 is 4.79 Å². The topological polar surface area (TPSA) is 32.3 Å². The summed E-state index contributed by atoms with van der Waals surface area (Å²) in [5.74, 6) is 1.14. The predicted molar refractivity (Wildman–Crippen MR) is 62.7 cm³/mol. The second kappa shape index (κ2) is 6.11. The van der Waals surface area contributed by atoms with Crippen LogP contribution >= 0.6 is 0 Å². The zero-order valence-electron chi connectivity index (χ0n) is 10.3. The molecule has 1 saturated heterocycles. The number of hydrogen-bond acceptors (Lipinski definition) is 2. The molecule has 1 aliphatic rings. The second-order valence-electron chi connectivity index (χ2n) is 5.07. The highest BCUT2D eigenvalue weighted by atomic mass is 16.1. The average Bonchev–Trinajstić information content (AvgIpc) is 2.17. The summed E-state index contributed by atoms with van der Waals surface area (Å²) in [6.07, 6.45) is 3.28. The Morgan fingerprint density at radius 2 is 2.27 bits per heavy atom. The third-order valence-corrected chi connectivity index (χ3v) is 3.02. The van der Waals surface area contributed by atoms with Crippen molar-refractivity contribution in [3.63, 3.8) is 0 Å². The number of piperidine rings is 1. The maximum absolute atomic E-state index is 11.8. The van der Waals surface area contributed by atoms with Gasteiger partial charge in [-0.1, -0.05) is 13.8 Å². The lowest BCUT2D eigenvalue weighted by molar-refractivity contribution is -0.126.